The largest absolute Gasteiger partial charge is 0.480 e. The van der Waals surface area contributed by atoms with Gasteiger partial charge in [-0.15, -0.1) is 0 Å². The quantitative estimate of drug-likeness (QED) is 0.875. The summed E-state index contributed by atoms with van der Waals surface area (Å²) in [4.78, 5) is 15.2. The van der Waals surface area contributed by atoms with Gasteiger partial charge < -0.3 is 9.84 Å². The van der Waals surface area contributed by atoms with Crippen molar-refractivity contribution >= 4 is 5.97 Å². The van der Waals surface area contributed by atoms with Crippen LogP contribution in [0.2, 0.25) is 0 Å². The number of hydrogen-bond acceptors (Lipinski definition) is 3. The normalized spacial score (nSPS) is 16.8. The van der Waals surface area contributed by atoms with E-state index in [1.807, 2.05) is 0 Å². The highest BCUT2D eigenvalue weighted by molar-refractivity contribution is 5.90. The number of carboxylic acid groups (broad SMARTS) is 1. The van der Waals surface area contributed by atoms with Crippen molar-refractivity contribution in [2.24, 2.45) is 0 Å². The summed E-state index contributed by atoms with van der Waals surface area (Å²) in [6.07, 6.45) is 7.74. The van der Waals surface area contributed by atoms with Crippen LogP contribution < -0.4 is 4.74 Å². The highest BCUT2D eigenvalue weighted by Gasteiger charge is 2.19. The van der Waals surface area contributed by atoms with Gasteiger partial charge in [0.25, 0.3) is 0 Å². The lowest BCUT2D eigenvalue weighted by molar-refractivity contribution is 0.0692. The zero-order chi connectivity index (χ0) is 12.3. The molecule has 0 aromatic carbocycles. The zero-order valence-corrected chi connectivity index (χ0v) is 9.98. The van der Waals surface area contributed by atoms with Crippen LogP contribution in [0, 0.1) is 0 Å². The number of aromatic carboxylic acids is 1. The minimum Gasteiger partial charge on any atom is -0.480 e. The molecule has 0 radical (unpaired) electrons. The Morgan fingerprint density at radius 2 is 2.12 bits per heavy atom. The fourth-order valence-corrected chi connectivity index (χ4v) is 2.44. The Morgan fingerprint density at radius 3 is 2.71 bits per heavy atom. The summed E-state index contributed by atoms with van der Waals surface area (Å²) >= 11 is 0. The standard InChI is InChI=1S/C13H17NO3/c1-17-12-11(13(15)16)7-10(8-14-12)9-5-3-2-4-6-9/h7-9H,2-6H2,1H3,(H,15,16). The second kappa shape index (κ2) is 5.17. The summed E-state index contributed by atoms with van der Waals surface area (Å²) in [5.41, 5.74) is 1.19. The van der Waals surface area contributed by atoms with Gasteiger partial charge >= 0.3 is 5.97 Å². The third kappa shape index (κ3) is 2.57. The van der Waals surface area contributed by atoms with Crippen molar-refractivity contribution in [3.63, 3.8) is 0 Å². The lowest BCUT2D eigenvalue weighted by Gasteiger charge is -2.22. The van der Waals surface area contributed by atoms with Crippen LogP contribution >= 0.6 is 0 Å². The molecule has 92 valence electrons. The molecule has 1 heterocycles. The van der Waals surface area contributed by atoms with Gasteiger partial charge in [-0.2, -0.15) is 0 Å². The number of carboxylic acids is 1. The van der Waals surface area contributed by atoms with E-state index >= 15 is 0 Å². The summed E-state index contributed by atoms with van der Waals surface area (Å²) in [5.74, 6) is -0.329. The second-order valence-electron chi connectivity index (χ2n) is 4.47. The zero-order valence-electron chi connectivity index (χ0n) is 9.98. The molecule has 1 aliphatic carbocycles. The molecule has 0 aliphatic heterocycles. The lowest BCUT2D eigenvalue weighted by Crippen LogP contribution is -2.08. The third-order valence-corrected chi connectivity index (χ3v) is 3.37. The van der Waals surface area contributed by atoms with Crippen molar-refractivity contribution in [3.05, 3.63) is 23.4 Å². The number of aromatic nitrogens is 1. The van der Waals surface area contributed by atoms with Crippen LogP contribution in [-0.2, 0) is 0 Å². The van der Waals surface area contributed by atoms with E-state index in [1.54, 1.807) is 12.3 Å². The molecule has 1 aromatic rings. The molecule has 17 heavy (non-hydrogen) atoms. The molecule has 1 fully saturated rings. The van der Waals surface area contributed by atoms with Crippen molar-refractivity contribution in [3.8, 4) is 5.88 Å². The first-order chi connectivity index (χ1) is 8.22. The molecular formula is C13H17NO3. The van der Waals surface area contributed by atoms with E-state index in [4.69, 9.17) is 9.84 Å². The van der Waals surface area contributed by atoms with E-state index in [0.717, 1.165) is 18.4 Å². The van der Waals surface area contributed by atoms with Gasteiger partial charge in [-0.3, -0.25) is 0 Å². The van der Waals surface area contributed by atoms with Crippen molar-refractivity contribution in [2.75, 3.05) is 7.11 Å². The number of carbonyl (C=O) groups is 1. The van der Waals surface area contributed by atoms with E-state index in [-0.39, 0.29) is 11.4 Å². The van der Waals surface area contributed by atoms with Crippen molar-refractivity contribution < 1.29 is 14.6 Å². The maximum absolute atomic E-state index is 11.1. The number of methoxy groups -OCH3 is 1. The molecule has 0 amide bonds. The first-order valence-corrected chi connectivity index (χ1v) is 5.99. The van der Waals surface area contributed by atoms with Crippen LogP contribution in [0.5, 0.6) is 5.88 Å². The number of hydrogen-bond donors (Lipinski definition) is 1. The van der Waals surface area contributed by atoms with Crippen LogP contribution in [0.4, 0.5) is 0 Å². The Kier molecular flexibility index (Phi) is 3.61. The summed E-state index contributed by atoms with van der Waals surface area (Å²) < 4.78 is 4.96. The summed E-state index contributed by atoms with van der Waals surface area (Å²) in [6, 6.07) is 1.71. The Balaban J connectivity index is 2.29. The van der Waals surface area contributed by atoms with E-state index in [9.17, 15) is 4.79 Å². The predicted octanol–water partition coefficient (Wildman–Crippen LogP) is 2.84. The molecule has 0 spiro atoms. The molecule has 1 saturated carbocycles. The number of ether oxygens (including phenoxy) is 1. The number of rotatable bonds is 3. The lowest BCUT2D eigenvalue weighted by atomic mass is 9.84. The number of pyridine rings is 1. The van der Waals surface area contributed by atoms with Gasteiger partial charge in [-0.25, -0.2) is 9.78 Å². The Labute approximate surface area is 101 Å². The average Bonchev–Trinajstić information content (AvgIpc) is 2.39. The molecular weight excluding hydrogens is 218 g/mol. The van der Waals surface area contributed by atoms with Crippen LogP contribution in [0.15, 0.2) is 12.3 Å². The summed E-state index contributed by atoms with van der Waals surface area (Å²) in [7, 11) is 1.44. The SMILES string of the molecule is COc1ncc(C2CCCCC2)cc1C(=O)O. The van der Waals surface area contributed by atoms with E-state index in [0.29, 0.717) is 5.92 Å². The summed E-state index contributed by atoms with van der Waals surface area (Å²) in [5, 5.41) is 9.10. The van der Waals surface area contributed by atoms with Crippen molar-refractivity contribution in [1.29, 1.82) is 0 Å². The average molecular weight is 235 g/mol. The molecule has 0 atom stereocenters. The first kappa shape index (κ1) is 11.9. The first-order valence-electron chi connectivity index (χ1n) is 5.99. The Morgan fingerprint density at radius 1 is 1.41 bits per heavy atom. The summed E-state index contributed by atoms with van der Waals surface area (Å²) in [6.45, 7) is 0. The molecule has 4 nitrogen and oxygen atoms in total. The monoisotopic (exact) mass is 235 g/mol. The van der Waals surface area contributed by atoms with Gasteiger partial charge in [0.2, 0.25) is 5.88 Å². The second-order valence-corrected chi connectivity index (χ2v) is 4.47. The van der Waals surface area contributed by atoms with Crippen LogP contribution in [0.3, 0.4) is 0 Å². The Bertz CT molecular complexity index is 411. The maximum Gasteiger partial charge on any atom is 0.341 e. The number of nitrogens with zero attached hydrogens (tertiary/aromatic N) is 1. The van der Waals surface area contributed by atoms with Gasteiger partial charge in [0.15, 0.2) is 0 Å². The molecule has 0 saturated heterocycles. The molecule has 1 N–H and O–H groups in total. The van der Waals surface area contributed by atoms with Gasteiger partial charge in [-0.05, 0) is 30.4 Å². The fraction of sp³-hybridized carbons (Fsp3) is 0.538. The molecule has 2 rings (SSSR count). The Hall–Kier alpha value is -1.58. The highest BCUT2D eigenvalue weighted by atomic mass is 16.5. The van der Waals surface area contributed by atoms with Gasteiger partial charge in [0, 0.05) is 6.20 Å². The van der Waals surface area contributed by atoms with Gasteiger partial charge in [-0.1, -0.05) is 19.3 Å². The van der Waals surface area contributed by atoms with Gasteiger partial charge in [0.05, 0.1) is 7.11 Å². The predicted molar refractivity (Wildman–Crippen MR) is 63.6 cm³/mol. The fourth-order valence-electron chi connectivity index (χ4n) is 2.44. The van der Waals surface area contributed by atoms with Gasteiger partial charge in [0.1, 0.15) is 5.56 Å². The van der Waals surface area contributed by atoms with Crippen molar-refractivity contribution in [2.45, 2.75) is 38.0 Å². The smallest absolute Gasteiger partial charge is 0.341 e. The minimum absolute atomic E-state index is 0.163. The van der Waals surface area contributed by atoms with E-state index in [1.165, 1.54) is 26.4 Å². The minimum atomic E-state index is -0.980. The molecule has 4 heteroatoms. The maximum atomic E-state index is 11.1. The van der Waals surface area contributed by atoms with Crippen LogP contribution in [0.25, 0.3) is 0 Å². The highest BCUT2D eigenvalue weighted by Crippen LogP contribution is 2.33. The van der Waals surface area contributed by atoms with Crippen LogP contribution in [0.1, 0.15) is 53.9 Å². The van der Waals surface area contributed by atoms with E-state index < -0.39 is 5.97 Å². The van der Waals surface area contributed by atoms with Crippen LogP contribution in [-0.4, -0.2) is 23.2 Å². The molecule has 1 aromatic heterocycles. The molecule has 0 bridgehead atoms. The van der Waals surface area contributed by atoms with E-state index in [2.05, 4.69) is 4.98 Å². The third-order valence-electron chi connectivity index (χ3n) is 3.37. The van der Waals surface area contributed by atoms with Crippen molar-refractivity contribution in [1.82, 2.24) is 4.98 Å². The molecule has 0 unspecified atom stereocenters. The molecule has 1 aliphatic rings. The topological polar surface area (TPSA) is 59.4 Å².